The highest BCUT2D eigenvalue weighted by atomic mass is 16.5. The fourth-order valence-corrected chi connectivity index (χ4v) is 2.72. The second kappa shape index (κ2) is 8.98. The number of hydrogen-bond acceptors (Lipinski definition) is 6. The summed E-state index contributed by atoms with van der Waals surface area (Å²) >= 11 is 0. The number of pyridine rings is 1. The van der Waals surface area contributed by atoms with E-state index in [1.807, 2.05) is 32.0 Å². The third-order valence-electron chi connectivity index (χ3n) is 4.08. The Morgan fingerprint density at radius 2 is 2.11 bits per heavy atom. The Kier molecular flexibility index (Phi) is 6.21. The molecule has 0 saturated carbocycles. The molecule has 0 saturated heterocycles. The topological polar surface area (TPSA) is 102 Å². The highest BCUT2D eigenvalue weighted by molar-refractivity contribution is 5.92. The summed E-state index contributed by atoms with van der Waals surface area (Å²) in [5, 5.41) is 13.7. The van der Waals surface area contributed by atoms with E-state index in [-0.39, 0.29) is 12.1 Å². The molecule has 146 valence electrons. The van der Waals surface area contributed by atoms with Crippen molar-refractivity contribution in [2.24, 2.45) is 0 Å². The first-order chi connectivity index (χ1) is 13.6. The van der Waals surface area contributed by atoms with Crippen molar-refractivity contribution in [3.05, 3.63) is 54.2 Å². The molecule has 8 heteroatoms. The van der Waals surface area contributed by atoms with E-state index in [1.165, 1.54) is 0 Å². The van der Waals surface area contributed by atoms with Crippen molar-refractivity contribution in [1.82, 2.24) is 20.5 Å². The van der Waals surface area contributed by atoms with Gasteiger partial charge in [0.05, 0.1) is 12.8 Å². The average molecular weight is 381 g/mol. The molecule has 28 heavy (non-hydrogen) atoms. The quantitative estimate of drug-likeness (QED) is 0.650. The summed E-state index contributed by atoms with van der Waals surface area (Å²) in [7, 11) is 1.55. The van der Waals surface area contributed by atoms with E-state index in [0.29, 0.717) is 41.6 Å². The smallest absolute Gasteiger partial charge is 0.319 e. The van der Waals surface area contributed by atoms with E-state index in [2.05, 4.69) is 25.8 Å². The summed E-state index contributed by atoms with van der Waals surface area (Å²) in [6, 6.07) is 10.6. The van der Waals surface area contributed by atoms with Crippen LogP contribution in [0.4, 0.5) is 10.5 Å². The summed E-state index contributed by atoms with van der Waals surface area (Å²) < 4.78 is 10.9. The third kappa shape index (κ3) is 4.85. The molecule has 2 heterocycles. The SMILES string of the molecule is CCc1nnc(-c2ccc(OC)c(NC(=O)NC(C)Cc3ccccn3)c2)o1. The van der Waals surface area contributed by atoms with Crippen LogP contribution in [0.5, 0.6) is 5.75 Å². The van der Waals surface area contributed by atoms with Crippen LogP contribution in [0.2, 0.25) is 0 Å². The van der Waals surface area contributed by atoms with Gasteiger partial charge in [-0.2, -0.15) is 0 Å². The maximum Gasteiger partial charge on any atom is 0.319 e. The molecule has 3 aromatic rings. The number of nitrogens with zero attached hydrogens (tertiary/aromatic N) is 3. The number of carbonyl (C=O) groups excluding carboxylic acids is 1. The Morgan fingerprint density at radius 1 is 1.25 bits per heavy atom. The fourth-order valence-electron chi connectivity index (χ4n) is 2.72. The summed E-state index contributed by atoms with van der Waals surface area (Å²) in [4.78, 5) is 16.7. The van der Waals surface area contributed by atoms with Crippen molar-refractivity contribution >= 4 is 11.7 Å². The van der Waals surface area contributed by atoms with Crippen LogP contribution in [0, 0.1) is 0 Å². The second-order valence-electron chi connectivity index (χ2n) is 6.29. The standard InChI is InChI=1S/C20H23N5O3/c1-4-18-24-25-19(28-18)14-8-9-17(27-3)16(12-14)23-20(26)22-13(2)11-15-7-5-6-10-21-15/h5-10,12-13H,4,11H2,1-3H3,(H2,22,23,26). The van der Waals surface area contributed by atoms with Crippen LogP contribution in [-0.2, 0) is 12.8 Å². The molecule has 0 bridgehead atoms. The van der Waals surface area contributed by atoms with Gasteiger partial charge in [-0.25, -0.2) is 4.79 Å². The van der Waals surface area contributed by atoms with Crippen molar-refractivity contribution in [2.75, 3.05) is 12.4 Å². The molecule has 8 nitrogen and oxygen atoms in total. The molecule has 0 aliphatic heterocycles. The molecule has 0 fully saturated rings. The first-order valence-corrected chi connectivity index (χ1v) is 9.07. The normalized spacial score (nSPS) is 11.7. The van der Waals surface area contributed by atoms with Gasteiger partial charge in [-0.1, -0.05) is 13.0 Å². The first-order valence-electron chi connectivity index (χ1n) is 9.07. The molecule has 0 radical (unpaired) electrons. The molecule has 3 rings (SSSR count). The molecular weight excluding hydrogens is 358 g/mol. The lowest BCUT2D eigenvalue weighted by atomic mass is 10.1. The van der Waals surface area contributed by atoms with Gasteiger partial charge in [0.15, 0.2) is 0 Å². The Bertz CT molecular complexity index is 927. The molecule has 2 N–H and O–H groups in total. The van der Waals surface area contributed by atoms with Crippen molar-refractivity contribution < 1.29 is 13.9 Å². The van der Waals surface area contributed by atoms with Crippen molar-refractivity contribution in [1.29, 1.82) is 0 Å². The van der Waals surface area contributed by atoms with Crippen LogP contribution in [0.25, 0.3) is 11.5 Å². The largest absolute Gasteiger partial charge is 0.495 e. The zero-order chi connectivity index (χ0) is 19.9. The van der Waals surface area contributed by atoms with Gasteiger partial charge in [0.2, 0.25) is 11.8 Å². The van der Waals surface area contributed by atoms with Crippen molar-refractivity contribution in [3.63, 3.8) is 0 Å². The third-order valence-corrected chi connectivity index (χ3v) is 4.08. The predicted molar refractivity (Wildman–Crippen MR) is 105 cm³/mol. The van der Waals surface area contributed by atoms with Crippen LogP contribution in [0.15, 0.2) is 47.0 Å². The monoisotopic (exact) mass is 381 g/mol. The number of ether oxygens (including phenoxy) is 1. The number of aryl methyl sites for hydroxylation is 1. The number of methoxy groups -OCH3 is 1. The lowest BCUT2D eigenvalue weighted by molar-refractivity contribution is 0.249. The molecule has 2 aromatic heterocycles. The molecule has 0 spiro atoms. The summed E-state index contributed by atoms with van der Waals surface area (Å²) in [6.45, 7) is 3.86. The van der Waals surface area contributed by atoms with Crippen molar-refractivity contribution in [3.8, 4) is 17.2 Å². The highest BCUT2D eigenvalue weighted by Crippen LogP contribution is 2.30. The fraction of sp³-hybridized carbons (Fsp3) is 0.300. The minimum absolute atomic E-state index is 0.0906. The molecule has 1 aromatic carbocycles. The Labute approximate surface area is 163 Å². The maximum absolute atomic E-state index is 12.4. The van der Waals surface area contributed by atoms with E-state index < -0.39 is 0 Å². The van der Waals surface area contributed by atoms with Gasteiger partial charge >= 0.3 is 6.03 Å². The number of benzene rings is 1. The Hall–Kier alpha value is -3.42. The van der Waals surface area contributed by atoms with Gasteiger partial charge in [-0.15, -0.1) is 10.2 Å². The Balaban J connectivity index is 1.69. The lowest BCUT2D eigenvalue weighted by Gasteiger charge is -2.16. The number of anilines is 1. The zero-order valence-electron chi connectivity index (χ0n) is 16.1. The number of hydrogen-bond donors (Lipinski definition) is 2. The van der Waals surface area contributed by atoms with Crippen LogP contribution in [0.1, 0.15) is 25.4 Å². The number of nitrogens with one attached hydrogen (secondary N) is 2. The number of amides is 2. The Morgan fingerprint density at radius 3 is 2.79 bits per heavy atom. The molecule has 1 unspecified atom stereocenters. The summed E-state index contributed by atoms with van der Waals surface area (Å²) in [5.41, 5.74) is 2.13. The number of aromatic nitrogens is 3. The highest BCUT2D eigenvalue weighted by Gasteiger charge is 2.14. The van der Waals surface area contributed by atoms with E-state index >= 15 is 0 Å². The molecule has 1 atom stereocenters. The van der Waals surface area contributed by atoms with Gasteiger partial charge in [-0.3, -0.25) is 4.98 Å². The zero-order valence-corrected chi connectivity index (χ0v) is 16.1. The summed E-state index contributed by atoms with van der Waals surface area (Å²) in [5.74, 6) is 1.49. The van der Waals surface area contributed by atoms with Crippen LogP contribution < -0.4 is 15.4 Å². The van der Waals surface area contributed by atoms with E-state index in [4.69, 9.17) is 9.15 Å². The maximum atomic E-state index is 12.4. The predicted octanol–water partition coefficient (Wildman–Crippen LogP) is 3.46. The van der Waals surface area contributed by atoms with E-state index in [0.717, 1.165) is 5.69 Å². The number of urea groups is 1. The van der Waals surface area contributed by atoms with Gasteiger partial charge in [0, 0.05) is 36.3 Å². The lowest BCUT2D eigenvalue weighted by Crippen LogP contribution is -2.37. The van der Waals surface area contributed by atoms with Crippen LogP contribution in [0.3, 0.4) is 0 Å². The first kappa shape index (κ1) is 19.3. The summed E-state index contributed by atoms with van der Waals surface area (Å²) in [6.07, 6.45) is 3.03. The van der Waals surface area contributed by atoms with Gasteiger partial charge < -0.3 is 19.8 Å². The van der Waals surface area contributed by atoms with Crippen LogP contribution >= 0.6 is 0 Å². The van der Waals surface area contributed by atoms with Gasteiger partial charge in [-0.05, 0) is 37.3 Å². The number of carbonyl (C=O) groups is 1. The van der Waals surface area contributed by atoms with Gasteiger partial charge in [0.25, 0.3) is 0 Å². The van der Waals surface area contributed by atoms with Gasteiger partial charge in [0.1, 0.15) is 5.75 Å². The van der Waals surface area contributed by atoms with E-state index in [1.54, 1.807) is 31.5 Å². The minimum Gasteiger partial charge on any atom is -0.495 e. The molecule has 2 amide bonds. The van der Waals surface area contributed by atoms with Crippen molar-refractivity contribution in [2.45, 2.75) is 32.7 Å². The van der Waals surface area contributed by atoms with E-state index in [9.17, 15) is 4.79 Å². The molecule has 0 aliphatic rings. The van der Waals surface area contributed by atoms with Crippen LogP contribution in [-0.4, -0.2) is 34.4 Å². The second-order valence-corrected chi connectivity index (χ2v) is 6.29. The average Bonchev–Trinajstić information content (AvgIpc) is 3.18. The molecule has 0 aliphatic carbocycles. The minimum atomic E-state index is -0.335. The number of rotatable bonds is 7. The molecular formula is C20H23N5O3.